The van der Waals surface area contributed by atoms with Crippen molar-refractivity contribution in [1.29, 1.82) is 0 Å². The smallest absolute Gasteiger partial charge is 0.387 e. The predicted octanol–water partition coefficient (Wildman–Crippen LogP) is 3.84. The molecule has 1 N–H and O–H groups in total. The summed E-state index contributed by atoms with van der Waals surface area (Å²) in [7, 11) is 0. The number of nitrogens with one attached hydrogen (secondary N) is 1. The SMILES string of the molecule is FC(F)Oc1cccc(CNc2ccc3nnc(-c4ccc(N5CCOCC5)cc4)n3n2)c1. The first-order valence-electron chi connectivity index (χ1n) is 10.6. The fourth-order valence-electron chi connectivity index (χ4n) is 3.73. The Morgan fingerprint density at radius 1 is 1.00 bits per heavy atom. The molecule has 0 saturated carbocycles. The Bertz CT molecular complexity index is 1230. The van der Waals surface area contributed by atoms with E-state index in [0.29, 0.717) is 23.8 Å². The van der Waals surface area contributed by atoms with Gasteiger partial charge >= 0.3 is 6.61 Å². The van der Waals surface area contributed by atoms with Crippen LogP contribution in [0.15, 0.2) is 60.7 Å². The van der Waals surface area contributed by atoms with Gasteiger partial charge in [0.15, 0.2) is 11.5 Å². The van der Waals surface area contributed by atoms with Crippen molar-refractivity contribution >= 4 is 17.2 Å². The fraction of sp³-hybridized carbons (Fsp3) is 0.261. The number of fused-ring (bicyclic) bond motifs is 1. The van der Waals surface area contributed by atoms with E-state index in [1.165, 1.54) is 6.07 Å². The minimum Gasteiger partial charge on any atom is -0.435 e. The Balaban J connectivity index is 1.33. The summed E-state index contributed by atoms with van der Waals surface area (Å²) >= 11 is 0. The molecule has 3 heterocycles. The van der Waals surface area contributed by atoms with Crippen LogP contribution in [0, 0.1) is 0 Å². The number of hydrogen-bond donors (Lipinski definition) is 1. The first kappa shape index (κ1) is 21.1. The van der Waals surface area contributed by atoms with Crippen LogP contribution in [0.1, 0.15) is 5.56 Å². The van der Waals surface area contributed by atoms with Crippen LogP contribution in [0.4, 0.5) is 20.3 Å². The summed E-state index contributed by atoms with van der Waals surface area (Å²) in [6.07, 6.45) is 0. The maximum atomic E-state index is 12.4. The maximum Gasteiger partial charge on any atom is 0.387 e. The molecule has 8 nitrogen and oxygen atoms in total. The van der Waals surface area contributed by atoms with E-state index in [0.717, 1.165) is 43.1 Å². The molecule has 0 bridgehead atoms. The van der Waals surface area contributed by atoms with E-state index in [-0.39, 0.29) is 5.75 Å². The molecule has 1 fully saturated rings. The summed E-state index contributed by atoms with van der Waals surface area (Å²) in [6, 6.07) is 18.3. The van der Waals surface area contributed by atoms with E-state index in [1.807, 2.05) is 24.3 Å². The fourth-order valence-corrected chi connectivity index (χ4v) is 3.73. The van der Waals surface area contributed by atoms with Crippen molar-refractivity contribution < 1.29 is 18.3 Å². The lowest BCUT2D eigenvalue weighted by Crippen LogP contribution is -2.36. The zero-order valence-corrected chi connectivity index (χ0v) is 17.7. The zero-order chi connectivity index (χ0) is 22.6. The van der Waals surface area contributed by atoms with Crippen LogP contribution in [-0.4, -0.2) is 52.7 Å². The lowest BCUT2D eigenvalue weighted by Gasteiger charge is -2.28. The minimum atomic E-state index is -2.85. The second-order valence-corrected chi connectivity index (χ2v) is 7.54. The average molecular weight is 452 g/mol. The van der Waals surface area contributed by atoms with E-state index in [4.69, 9.17) is 4.74 Å². The molecule has 0 amide bonds. The molecule has 33 heavy (non-hydrogen) atoms. The molecular formula is C23H22F2N6O2. The normalized spacial score (nSPS) is 14.1. The molecule has 170 valence electrons. The van der Waals surface area contributed by atoms with Crippen molar-refractivity contribution in [3.05, 3.63) is 66.2 Å². The van der Waals surface area contributed by atoms with Crippen LogP contribution in [0.3, 0.4) is 0 Å². The van der Waals surface area contributed by atoms with Crippen LogP contribution in [0.2, 0.25) is 0 Å². The van der Waals surface area contributed by atoms with Gasteiger partial charge in [0.25, 0.3) is 0 Å². The van der Waals surface area contributed by atoms with Gasteiger partial charge in [0.2, 0.25) is 0 Å². The van der Waals surface area contributed by atoms with Gasteiger partial charge in [0.1, 0.15) is 11.6 Å². The van der Waals surface area contributed by atoms with Crippen molar-refractivity contribution in [2.75, 3.05) is 36.5 Å². The summed E-state index contributed by atoms with van der Waals surface area (Å²) in [5.74, 6) is 1.36. The molecular weight excluding hydrogens is 430 g/mol. The molecule has 0 spiro atoms. The molecule has 0 atom stereocenters. The van der Waals surface area contributed by atoms with E-state index in [1.54, 1.807) is 22.7 Å². The molecule has 4 aromatic rings. The van der Waals surface area contributed by atoms with E-state index in [9.17, 15) is 8.78 Å². The third kappa shape index (κ3) is 4.85. The standard InChI is InChI=1S/C23H22F2N6O2/c24-23(25)33-19-3-1-2-16(14-19)15-26-20-8-9-21-27-28-22(31(21)29-20)17-4-6-18(7-5-17)30-10-12-32-13-11-30/h1-9,14,23H,10-13,15H2,(H,26,29). The van der Waals surface area contributed by atoms with Gasteiger partial charge in [-0.05, 0) is 54.1 Å². The second-order valence-electron chi connectivity index (χ2n) is 7.54. The number of halogens is 2. The third-order valence-corrected chi connectivity index (χ3v) is 5.36. The highest BCUT2D eigenvalue weighted by atomic mass is 19.3. The van der Waals surface area contributed by atoms with Gasteiger partial charge in [-0.15, -0.1) is 15.3 Å². The van der Waals surface area contributed by atoms with Crippen LogP contribution in [0.5, 0.6) is 5.75 Å². The number of anilines is 2. The lowest BCUT2D eigenvalue weighted by atomic mass is 10.2. The number of ether oxygens (including phenoxy) is 2. The average Bonchev–Trinajstić information content (AvgIpc) is 3.27. The Hall–Kier alpha value is -3.79. The first-order chi connectivity index (χ1) is 16.2. The lowest BCUT2D eigenvalue weighted by molar-refractivity contribution is -0.0498. The van der Waals surface area contributed by atoms with Gasteiger partial charge in [-0.2, -0.15) is 13.3 Å². The molecule has 1 aliphatic rings. The quantitative estimate of drug-likeness (QED) is 0.457. The number of rotatable bonds is 7. The highest BCUT2D eigenvalue weighted by molar-refractivity contribution is 5.63. The zero-order valence-electron chi connectivity index (χ0n) is 17.7. The molecule has 0 aliphatic carbocycles. The van der Waals surface area contributed by atoms with Crippen LogP contribution in [0.25, 0.3) is 17.0 Å². The largest absolute Gasteiger partial charge is 0.435 e. The predicted molar refractivity (Wildman–Crippen MR) is 120 cm³/mol. The van der Waals surface area contributed by atoms with E-state index < -0.39 is 6.61 Å². The number of hydrogen-bond acceptors (Lipinski definition) is 7. The summed E-state index contributed by atoms with van der Waals surface area (Å²) in [5, 5.41) is 16.3. The number of morpholine rings is 1. The van der Waals surface area contributed by atoms with Gasteiger partial charge in [0, 0.05) is 30.9 Å². The number of nitrogens with zero attached hydrogens (tertiary/aromatic N) is 5. The number of aromatic nitrogens is 4. The summed E-state index contributed by atoms with van der Waals surface area (Å²) in [5.41, 5.74) is 3.46. The van der Waals surface area contributed by atoms with Crippen molar-refractivity contribution in [3.63, 3.8) is 0 Å². The molecule has 2 aromatic carbocycles. The number of alkyl halides is 2. The van der Waals surface area contributed by atoms with Crippen LogP contribution < -0.4 is 15.0 Å². The third-order valence-electron chi connectivity index (χ3n) is 5.36. The Morgan fingerprint density at radius 2 is 1.82 bits per heavy atom. The highest BCUT2D eigenvalue weighted by Crippen LogP contribution is 2.23. The summed E-state index contributed by atoms with van der Waals surface area (Å²) in [6.45, 7) is 0.763. The van der Waals surface area contributed by atoms with Crippen LogP contribution >= 0.6 is 0 Å². The molecule has 10 heteroatoms. The number of benzene rings is 2. The van der Waals surface area contributed by atoms with Gasteiger partial charge in [0.05, 0.1) is 13.2 Å². The van der Waals surface area contributed by atoms with Gasteiger partial charge < -0.3 is 19.7 Å². The van der Waals surface area contributed by atoms with Crippen LogP contribution in [-0.2, 0) is 11.3 Å². The molecule has 0 unspecified atom stereocenters. The van der Waals surface area contributed by atoms with Crippen molar-refractivity contribution in [2.24, 2.45) is 0 Å². The maximum absolute atomic E-state index is 12.4. The Kier molecular flexibility index (Phi) is 5.99. The molecule has 1 saturated heterocycles. The highest BCUT2D eigenvalue weighted by Gasteiger charge is 2.14. The van der Waals surface area contributed by atoms with Crippen molar-refractivity contribution in [1.82, 2.24) is 19.8 Å². The molecule has 0 radical (unpaired) electrons. The Morgan fingerprint density at radius 3 is 2.61 bits per heavy atom. The van der Waals surface area contributed by atoms with E-state index in [2.05, 4.69) is 42.4 Å². The Labute approximate surface area is 188 Å². The summed E-state index contributed by atoms with van der Waals surface area (Å²) in [4.78, 5) is 2.29. The van der Waals surface area contributed by atoms with Gasteiger partial charge in [-0.3, -0.25) is 0 Å². The first-order valence-corrected chi connectivity index (χ1v) is 10.6. The summed E-state index contributed by atoms with van der Waals surface area (Å²) < 4.78 is 36.5. The molecule has 1 aliphatic heterocycles. The van der Waals surface area contributed by atoms with E-state index >= 15 is 0 Å². The monoisotopic (exact) mass is 452 g/mol. The molecule has 5 rings (SSSR count). The van der Waals surface area contributed by atoms with Crippen molar-refractivity contribution in [3.8, 4) is 17.1 Å². The topological polar surface area (TPSA) is 76.8 Å². The second kappa shape index (κ2) is 9.37. The van der Waals surface area contributed by atoms with Crippen molar-refractivity contribution in [2.45, 2.75) is 13.2 Å². The minimum absolute atomic E-state index is 0.120. The molecule has 2 aromatic heterocycles. The van der Waals surface area contributed by atoms with Gasteiger partial charge in [-0.1, -0.05) is 12.1 Å². The van der Waals surface area contributed by atoms with Gasteiger partial charge in [-0.25, -0.2) is 0 Å².